The van der Waals surface area contributed by atoms with Crippen LogP contribution in [0.2, 0.25) is 0 Å². The van der Waals surface area contributed by atoms with Gasteiger partial charge in [-0.15, -0.1) is 0 Å². The Labute approximate surface area is 474 Å². The molecule has 80 heavy (non-hydrogen) atoms. The largest absolute Gasteiger partial charge is 0.470 e. The average molecular weight is 1070 g/mol. The van der Waals surface area contributed by atoms with E-state index in [2.05, 4.69) is 131 Å². The maximum Gasteiger partial charge on any atom is 0.273 e. The van der Waals surface area contributed by atoms with Crippen LogP contribution < -0.4 is 0 Å². The highest BCUT2D eigenvalue weighted by Gasteiger charge is 2.36. The van der Waals surface area contributed by atoms with Crippen molar-refractivity contribution in [2.24, 2.45) is 39.9 Å². The highest BCUT2D eigenvalue weighted by Crippen LogP contribution is 2.40. The van der Waals surface area contributed by atoms with Gasteiger partial charge in [-0.05, 0) is 236 Å². The van der Waals surface area contributed by atoms with E-state index in [0.29, 0.717) is 34.4 Å². The Morgan fingerprint density at radius 3 is 0.912 bits per heavy atom. The van der Waals surface area contributed by atoms with Gasteiger partial charge in [0.1, 0.15) is 12.2 Å². The molecule has 8 aliphatic heterocycles. The summed E-state index contributed by atoms with van der Waals surface area (Å²) < 4.78 is 13.9. The average Bonchev–Trinajstić information content (AvgIpc) is 4.33. The minimum absolute atomic E-state index is 0.163. The molecule has 0 aromatic heterocycles. The number of rotatable bonds is 16. The van der Waals surface area contributed by atoms with Gasteiger partial charge in [0.15, 0.2) is 0 Å². The monoisotopic (exact) mass is 1070 g/mol. The lowest BCUT2D eigenvalue weighted by Gasteiger charge is -2.32. The summed E-state index contributed by atoms with van der Waals surface area (Å²) in [6.07, 6.45) is 22.2. The number of nitrogens with zero attached hydrogens (tertiary/aromatic N) is 8. The molecule has 1 saturated carbocycles. The van der Waals surface area contributed by atoms with Crippen molar-refractivity contribution in [3.63, 3.8) is 0 Å². The highest BCUT2D eigenvalue weighted by molar-refractivity contribution is 6.26. The van der Waals surface area contributed by atoms with E-state index in [1.165, 1.54) is 22.3 Å². The number of hydrogen-bond acceptors (Lipinski definition) is 10. The maximum absolute atomic E-state index is 12.5. The SMILES string of the molecule is CCC1=C(C)C(=O)N=C1/C=C1N=C(/C=C2N=C(/C=C3\N=C(O[C@@H]4CCCC[C@H]4OC4=N/C(=C/C5=NC(=C/C6=NC(=C/C7=NC(=O)C(C)=C7CC)/C(C)=C6CC)/C(CC)=C5C)C(CC)=C4C)C(C)=C3CC)C(C)=C/2CC)C(CC)=C/1C. The lowest BCUT2D eigenvalue weighted by atomic mass is 9.94. The lowest BCUT2D eigenvalue weighted by Crippen LogP contribution is -2.37. The second-order valence-electron chi connectivity index (χ2n) is 21.9. The molecule has 2 atom stereocenters. The molecule has 0 saturated heterocycles. The molecule has 0 unspecified atom stereocenters. The van der Waals surface area contributed by atoms with Gasteiger partial charge >= 0.3 is 0 Å². The molecule has 9 aliphatic rings. The Kier molecular flexibility index (Phi) is 17.0. The van der Waals surface area contributed by atoms with Crippen molar-refractivity contribution >= 4 is 57.9 Å². The van der Waals surface area contributed by atoms with E-state index >= 15 is 0 Å². The van der Waals surface area contributed by atoms with Crippen LogP contribution in [0.15, 0.2) is 200 Å². The summed E-state index contributed by atoms with van der Waals surface area (Å²) in [6, 6.07) is 0. The van der Waals surface area contributed by atoms with Crippen LogP contribution in [0.3, 0.4) is 0 Å². The summed E-state index contributed by atoms with van der Waals surface area (Å²) in [6.45, 7) is 33.6. The molecule has 1 fully saturated rings. The topological polar surface area (TPSA) is 151 Å². The van der Waals surface area contributed by atoms with Gasteiger partial charge in [0, 0.05) is 22.3 Å². The summed E-state index contributed by atoms with van der Waals surface area (Å²) in [4.78, 5) is 65.0. The van der Waals surface area contributed by atoms with E-state index < -0.39 is 0 Å². The first-order valence-electron chi connectivity index (χ1n) is 29.5. The van der Waals surface area contributed by atoms with Gasteiger partial charge in [-0.3, -0.25) is 9.59 Å². The number of carbonyl (C=O) groups excluding carboxylic acids is 2. The summed E-state index contributed by atoms with van der Waals surface area (Å²) in [5.74, 6) is 0.971. The second kappa shape index (κ2) is 23.8. The second-order valence-corrected chi connectivity index (χ2v) is 21.9. The molecule has 0 aromatic rings. The van der Waals surface area contributed by atoms with E-state index in [4.69, 9.17) is 39.4 Å². The van der Waals surface area contributed by atoms with Crippen molar-refractivity contribution in [2.75, 3.05) is 0 Å². The number of allylic oxidation sites excluding steroid dienone is 18. The van der Waals surface area contributed by atoms with Crippen LogP contribution in [0.4, 0.5) is 0 Å². The Bertz CT molecular complexity index is 3320. The van der Waals surface area contributed by atoms with Crippen LogP contribution in [-0.2, 0) is 19.1 Å². The van der Waals surface area contributed by atoms with Gasteiger partial charge < -0.3 is 9.47 Å². The molecular weight excluding hydrogens is 993 g/mol. The number of hydrogen-bond donors (Lipinski definition) is 0. The predicted octanol–water partition coefficient (Wildman–Crippen LogP) is 16.1. The standard InChI is InChI=1S/C68H80N8O4/c1-17-43-35(9)51(29-59-47(21-5)39(13)65(77)73-59)69-55(43)33-57-45(19-3)37(11)53(71-57)31-61-49(23-7)41(15)67(75-61)79-63-27-25-26-28-64(63)80-68-42(16)50(24-8)62(76-68)32-54-38(12)46(20-4)58(72-54)34-56-44(18-2)36(10)52(70-56)30-60-48(22-6)40(14)66(78)74-60/h29-34,63-64H,17-28H2,1-16H3/b51-29+,52-30+,57-33+,58-34+,61-31-,62-32+/t63-,64-/m1/s1. The van der Waals surface area contributed by atoms with E-state index in [0.717, 1.165) is 190 Å². The first-order valence-corrected chi connectivity index (χ1v) is 29.5. The van der Waals surface area contributed by atoms with Gasteiger partial charge in [-0.2, -0.15) is 0 Å². The van der Waals surface area contributed by atoms with Crippen LogP contribution in [0.5, 0.6) is 0 Å². The quantitative estimate of drug-likeness (QED) is 0.151. The van der Waals surface area contributed by atoms with Crippen LogP contribution in [0.25, 0.3) is 0 Å². The molecule has 12 nitrogen and oxygen atoms in total. The van der Waals surface area contributed by atoms with Crippen LogP contribution >= 0.6 is 0 Å². The Morgan fingerprint density at radius 1 is 0.312 bits per heavy atom. The van der Waals surface area contributed by atoms with E-state index in [1.54, 1.807) is 0 Å². The van der Waals surface area contributed by atoms with Crippen molar-refractivity contribution in [1.29, 1.82) is 0 Å². The summed E-state index contributed by atoms with van der Waals surface area (Å²) in [5, 5.41) is 0. The molecule has 2 amide bonds. The Balaban J connectivity index is 0.951. The normalized spacial score (nSPS) is 25.9. The molecule has 0 N–H and O–H groups in total. The zero-order chi connectivity index (χ0) is 57.4. The minimum atomic E-state index is -0.202. The summed E-state index contributed by atoms with van der Waals surface area (Å²) in [7, 11) is 0. The molecule has 1 aliphatic carbocycles. The number of ether oxygens (including phenoxy) is 2. The Morgan fingerprint density at radius 2 is 0.575 bits per heavy atom. The fraction of sp³-hybridized carbons (Fsp3) is 0.441. The molecular formula is C68H80N8O4. The predicted molar refractivity (Wildman–Crippen MR) is 330 cm³/mol. The van der Waals surface area contributed by atoms with Crippen molar-refractivity contribution in [1.82, 2.24) is 0 Å². The van der Waals surface area contributed by atoms with Gasteiger partial charge in [0.25, 0.3) is 11.8 Å². The third-order valence-corrected chi connectivity index (χ3v) is 17.4. The smallest absolute Gasteiger partial charge is 0.273 e. The summed E-state index contributed by atoms with van der Waals surface area (Å²) >= 11 is 0. The molecule has 0 bridgehead atoms. The fourth-order valence-corrected chi connectivity index (χ4v) is 12.6. The van der Waals surface area contributed by atoms with Crippen molar-refractivity contribution in [2.45, 2.75) is 200 Å². The number of amides is 2. The highest BCUT2D eigenvalue weighted by atomic mass is 16.6. The van der Waals surface area contributed by atoms with Crippen molar-refractivity contribution in [3.8, 4) is 0 Å². The molecule has 0 spiro atoms. The zero-order valence-electron chi connectivity index (χ0n) is 50.3. The van der Waals surface area contributed by atoms with Crippen molar-refractivity contribution in [3.05, 3.63) is 160 Å². The third-order valence-electron chi connectivity index (χ3n) is 17.4. The van der Waals surface area contributed by atoms with Crippen LogP contribution in [0.1, 0.15) is 188 Å². The molecule has 0 aromatic carbocycles. The van der Waals surface area contributed by atoms with E-state index in [1.807, 2.05) is 26.0 Å². The van der Waals surface area contributed by atoms with E-state index in [-0.39, 0.29) is 24.0 Å². The molecule has 0 radical (unpaired) electrons. The Hall–Kier alpha value is -7.34. The zero-order valence-corrected chi connectivity index (χ0v) is 50.3. The molecule has 8 heterocycles. The lowest BCUT2D eigenvalue weighted by molar-refractivity contribution is -0.114. The van der Waals surface area contributed by atoms with Gasteiger partial charge in [0.2, 0.25) is 11.8 Å². The molecule has 9 rings (SSSR count). The number of aliphatic imine (C=N–C) groups is 8. The minimum Gasteiger partial charge on any atom is -0.470 e. The van der Waals surface area contributed by atoms with Crippen LogP contribution in [0, 0.1) is 0 Å². The third kappa shape index (κ3) is 10.6. The van der Waals surface area contributed by atoms with E-state index in [9.17, 15) is 9.59 Å². The first kappa shape index (κ1) is 57.3. The summed E-state index contributed by atoms with van der Waals surface area (Å²) in [5.41, 5.74) is 27.3. The molecule has 416 valence electrons. The number of carbonyl (C=O) groups is 2. The molecule has 12 heteroatoms. The fourth-order valence-electron chi connectivity index (χ4n) is 12.6. The van der Waals surface area contributed by atoms with Gasteiger partial charge in [-0.1, -0.05) is 55.4 Å². The maximum atomic E-state index is 12.5. The first-order chi connectivity index (χ1) is 38.4. The van der Waals surface area contributed by atoms with Crippen LogP contribution in [-0.4, -0.2) is 70.1 Å². The van der Waals surface area contributed by atoms with Crippen molar-refractivity contribution < 1.29 is 19.1 Å². The van der Waals surface area contributed by atoms with Gasteiger partial charge in [-0.25, -0.2) is 39.9 Å². The van der Waals surface area contributed by atoms with Gasteiger partial charge in [0.05, 0.1) is 68.5 Å².